The molecule has 0 bridgehead atoms. The number of nitrogens with one attached hydrogen (secondary N) is 1. The second kappa shape index (κ2) is 7.60. The van der Waals surface area contributed by atoms with Crippen LogP contribution in [0.4, 0.5) is 0 Å². The third-order valence-electron chi connectivity index (χ3n) is 3.18. The van der Waals surface area contributed by atoms with E-state index in [0.717, 1.165) is 0 Å². The SMILES string of the molecule is COc1ccc(C[C@H](NC(=O)c2cccnc2)C(=O)O)cc1Cl. The van der Waals surface area contributed by atoms with Crippen molar-refractivity contribution in [2.45, 2.75) is 12.5 Å². The molecule has 0 saturated carbocycles. The molecule has 120 valence electrons. The molecule has 1 aromatic carbocycles. The molecule has 0 saturated heterocycles. The van der Waals surface area contributed by atoms with Crippen LogP contribution in [0, 0.1) is 0 Å². The highest BCUT2D eigenvalue weighted by Crippen LogP contribution is 2.25. The molecule has 0 aliphatic carbocycles. The third kappa shape index (κ3) is 4.43. The number of carbonyl (C=O) groups excluding carboxylic acids is 1. The molecular formula is C16H15ClN2O4. The molecule has 1 aromatic heterocycles. The number of hydrogen-bond acceptors (Lipinski definition) is 4. The van der Waals surface area contributed by atoms with Crippen molar-refractivity contribution in [1.82, 2.24) is 10.3 Å². The van der Waals surface area contributed by atoms with Crippen molar-refractivity contribution in [1.29, 1.82) is 0 Å². The molecule has 7 heteroatoms. The van der Waals surface area contributed by atoms with Gasteiger partial charge in [0.15, 0.2) is 0 Å². The first-order chi connectivity index (χ1) is 11.0. The topological polar surface area (TPSA) is 88.5 Å². The minimum Gasteiger partial charge on any atom is -0.495 e. The van der Waals surface area contributed by atoms with Crippen molar-refractivity contribution in [3.05, 3.63) is 58.9 Å². The molecule has 0 aliphatic heterocycles. The second-order valence-corrected chi connectivity index (χ2v) is 5.19. The molecule has 2 N–H and O–H groups in total. The van der Waals surface area contributed by atoms with Crippen LogP contribution in [0.25, 0.3) is 0 Å². The Labute approximate surface area is 138 Å². The predicted octanol–water partition coefficient (Wildman–Crippen LogP) is 2.17. The maximum Gasteiger partial charge on any atom is 0.326 e. The molecule has 1 heterocycles. The first-order valence-corrected chi connectivity index (χ1v) is 7.15. The number of halogens is 1. The molecule has 2 aromatic rings. The summed E-state index contributed by atoms with van der Waals surface area (Å²) in [5.41, 5.74) is 0.973. The Morgan fingerprint density at radius 2 is 2.17 bits per heavy atom. The number of amides is 1. The molecule has 1 atom stereocenters. The summed E-state index contributed by atoms with van der Waals surface area (Å²) >= 11 is 6.03. The van der Waals surface area contributed by atoms with Crippen LogP contribution < -0.4 is 10.1 Å². The summed E-state index contributed by atoms with van der Waals surface area (Å²) < 4.78 is 5.05. The van der Waals surface area contributed by atoms with Crippen LogP contribution in [0.15, 0.2) is 42.7 Å². The third-order valence-corrected chi connectivity index (χ3v) is 3.48. The highest BCUT2D eigenvalue weighted by molar-refractivity contribution is 6.32. The zero-order valence-corrected chi connectivity index (χ0v) is 13.1. The molecule has 0 unspecified atom stereocenters. The van der Waals surface area contributed by atoms with Crippen LogP contribution in [0.3, 0.4) is 0 Å². The van der Waals surface area contributed by atoms with E-state index in [9.17, 15) is 14.7 Å². The Hall–Kier alpha value is -2.60. The minimum absolute atomic E-state index is 0.102. The van der Waals surface area contributed by atoms with Crippen molar-refractivity contribution in [3.8, 4) is 5.75 Å². The number of aliphatic carboxylic acids is 1. The van der Waals surface area contributed by atoms with Crippen LogP contribution >= 0.6 is 11.6 Å². The average molecular weight is 335 g/mol. The highest BCUT2D eigenvalue weighted by Gasteiger charge is 2.21. The van der Waals surface area contributed by atoms with E-state index in [0.29, 0.717) is 21.9 Å². The van der Waals surface area contributed by atoms with E-state index >= 15 is 0 Å². The zero-order valence-electron chi connectivity index (χ0n) is 12.3. The van der Waals surface area contributed by atoms with Crippen molar-refractivity contribution in [2.75, 3.05) is 7.11 Å². The van der Waals surface area contributed by atoms with Crippen LogP contribution in [-0.4, -0.2) is 35.1 Å². The molecule has 6 nitrogen and oxygen atoms in total. The summed E-state index contributed by atoms with van der Waals surface area (Å²) in [6.07, 6.45) is 3.01. The summed E-state index contributed by atoms with van der Waals surface area (Å²) in [7, 11) is 1.50. The maximum absolute atomic E-state index is 12.1. The summed E-state index contributed by atoms with van der Waals surface area (Å²) in [6, 6.07) is 7.06. The molecule has 0 spiro atoms. The van der Waals surface area contributed by atoms with E-state index in [4.69, 9.17) is 16.3 Å². The van der Waals surface area contributed by atoms with Gasteiger partial charge in [-0.3, -0.25) is 9.78 Å². The van der Waals surface area contributed by atoms with Gasteiger partial charge in [-0.15, -0.1) is 0 Å². The summed E-state index contributed by atoms with van der Waals surface area (Å²) in [5, 5.41) is 12.2. The van der Waals surface area contributed by atoms with Crippen LogP contribution in [0.2, 0.25) is 5.02 Å². The smallest absolute Gasteiger partial charge is 0.326 e. The van der Waals surface area contributed by atoms with Gasteiger partial charge in [0.2, 0.25) is 0 Å². The van der Waals surface area contributed by atoms with Crippen LogP contribution in [0.1, 0.15) is 15.9 Å². The number of nitrogens with zero attached hydrogens (tertiary/aromatic N) is 1. The van der Waals surface area contributed by atoms with E-state index in [-0.39, 0.29) is 6.42 Å². The zero-order chi connectivity index (χ0) is 16.8. The number of carbonyl (C=O) groups is 2. The molecule has 0 fully saturated rings. The first-order valence-electron chi connectivity index (χ1n) is 6.77. The van der Waals surface area contributed by atoms with Crippen molar-refractivity contribution in [2.24, 2.45) is 0 Å². The average Bonchev–Trinajstić information content (AvgIpc) is 2.55. The molecule has 23 heavy (non-hydrogen) atoms. The van der Waals surface area contributed by atoms with Gasteiger partial charge < -0.3 is 15.2 Å². The summed E-state index contributed by atoms with van der Waals surface area (Å²) in [6.45, 7) is 0. The number of rotatable bonds is 6. The van der Waals surface area contributed by atoms with Gasteiger partial charge in [0.05, 0.1) is 17.7 Å². The first kappa shape index (κ1) is 16.8. The van der Waals surface area contributed by atoms with Gasteiger partial charge in [-0.2, -0.15) is 0 Å². The summed E-state index contributed by atoms with van der Waals surface area (Å²) in [4.78, 5) is 27.3. The van der Waals surface area contributed by atoms with Gasteiger partial charge in [0.25, 0.3) is 5.91 Å². The largest absolute Gasteiger partial charge is 0.495 e. The lowest BCUT2D eigenvalue weighted by atomic mass is 10.1. The van der Waals surface area contributed by atoms with Crippen molar-refractivity contribution in [3.63, 3.8) is 0 Å². The molecule has 1 amide bonds. The quantitative estimate of drug-likeness (QED) is 0.845. The Kier molecular flexibility index (Phi) is 5.54. The Morgan fingerprint density at radius 3 is 2.74 bits per heavy atom. The van der Waals surface area contributed by atoms with Crippen LogP contribution in [0.5, 0.6) is 5.75 Å². The number of carboxylic acid groups (broad SMARTS) is 1. The fourth-order valence-electron chi connectivity index (χ4n) is 2.01. The molecule has 0 radical (unpaired) electrons. The molecule has 0 aliphatic rings. The van der Waals surface area contributed by atoms with Gasteiger partial charge in [0.1, 0.15) is 11.8 Å². The lowest BCUT2D eigenvalue weighted by Gasteiger charge is -2.15. The number of ether oxygens (including phenoxy) is 1. The van der Waals surface area contributed by atoms with Gasteiger partial charge in [-0.25, -0.2) is 4.79 Å². The number of methoxy groups -OCH3 is 1. The van der Waals surface area contributed by atoms with E-state index in [1.54, 1.807) is 30.3 Å². The van der Waals surface area contributed by atoms with E-state index < -0.39 is 17.9 Å². The minimum atomic E-state index is -1.13. The fourth-order valence-corrected chi connectivity index (χ4v) is 2.29. The molecular weight excluding hydrogens is 320 g/mol. The maximum atomic E-state index is 12.1. The number of hydrogen-bond donors (Lipinski definition) is 2. The van der Waals surface area contributed by atoms with Gasteiger partial charge in [-0.05, 0) is 29.8 Å². The number of benzene rings is 1. The van der Waals surface area contributed by atoms with Gasteiger partial charge in [0, 0.05) is 18.8 Å². The standard InChI is InChI=1S/C16H15ClN2O4/c1-23-14-5-4-10(7-12(14)17)8-13(16(21)22)19-15(20)11-3-2-6-18-9-11/h2-7,9,13H,8H2,1H3,(H,19,20)(H,21,22)/t13-/m0/s1. The highest BCUT2D eigenvalue weighted by atomic mass is 35.5. The van der Waals surface area contributed by atoms with Crippen molar-refractivity contribution < 1.29 is 19.4 Å². The lowest BCUT2D eigenvalue weighted by molar-refractivity contribution is -0.139. The fraction of sp³-hybridized carbons (Fsp3) is 0.188. The second-order valence-electron chi connectivity index (χ2n) is 4.78. The monoisotopic (exact) mass is 334 g/mol. The number of aromatic nitrogens is 1. The normalized spacial score (nSPS) is 11.6. The Balaban J connectivity index is 2.12. The number of carboxylic acids is 1. The number of pyridine rings is 1. The Morgan fingerprint density at radius 1 is 1.39 bits per heavy atom. The van der Waals surface area contributed by atoms with Gasteiger partial charge >= 0.3 is 5.97 Å². The van der Waals surface area contributed by atoms with Crippen molar-refractivity contribution >= 4 is 23.5 Å². The van der Waals surface area contributed by atoms with E-state index in [1.165, 1.54) is 19.5 Å². The lowest BCUT2D eigenvalue weighted by Crippen LogP contribution is -2.42. The summed E-state index contributed by atoms with van der Waals surface area (Å²) in [5.74, 6) is -1.12. The molecule has 2 rings (SSSR count). The van der Waals surface area contributed by atoms with Gasteiger partial charge in [-0.1, -0.05) is 17.7 Å². The Bertz CT molecular complexity index is 706. The predicted molar refractivity (Wildman–Crippen MR) is 84.8 cm³/mol. The van der Waals surface area contributed by atoms with E-state index in [2.05, 4.69) is 10.3 Å². The van der Waals surface area contributed by atoms with E-state index in [1.807, 2.05) is 0 Å². The van der Waals surface area contributed by atoms with Crippen LogP contribution in [-0.2, 0) is 11.2 Å².